The maximum absolute atomic E-state index is 13.2. The first-order valence-corrected chi connectivity index (χ1v) is 10.1. The molecule has 0 aliphatic heterocycles. The number of carboxylic acids is 1. The van der Waals surface area contributed by atoms with E-state index in [0.29, 0.717) is 11.1 Å². The molecule has 2 aromatic carbocycles. The van der Waals surface area contributed by atoms with Gasteiger partial charge in [0.1, 0.15) is 25.1 Å². The highest BCUT2D eigenvalue weighted by atomic mass is 16.6. The molecule has 1 aromatic heterocycles. The van der Waals surface area contributed by atoms with Crippen molar-refractivity contribution in [2.45, 2.75) is 6.10 Å². The van der Waals surface area contributed by atoms with Gasteiger partial charge in [0.2, 0.25) is 5.43 Å². The van der Waals surface area contributed by atoms with Crippen LogP contribution in [0.1, 0.15) is 11.7 Å². The Kier molecular flexibility index (Phi) is 8.31. The molecule has 11 nitrogen and oxygen atoms in total. The van der Waals surface area contributed by atoms with Crippen molar-refractivity contribution in [2.75, 3.05) is 34.5 Å². The molecule has 0 bridgehead atoms. The lowest BCUT2D eigenvalue weighted by atomic mass is 10.0. The van der Waals surface area contributed by atoms with Crippen molar-refractivity contribution in [1.29, 1.82) is 0 Å². The summed E-state index contributed by atoms with van der Waals surface area (Å²) >= 11 is 0. The minimum absolute atomic E-state index is 0.0543. The van der Waals surface area contributed by atoms with Crippen LogP contribution in [0.2, 0.25) is 0 Å². The molecular weight excluding hydrogens is 464 g/mol. The molecular formula is C24H22O11. The Morgan fingerprint density at radius 3 is 2.00 bits per heavy atom. The number of carboxylic acid groups (broad SMARTS) is 1. The van der Waals surface area contributed by atoms with Gasteiger partial charge in [0.25, 0.3) is 0 Å². The van der Waals surface area contributed by atoms with Gasteiger partial charge in [0.15, 0.2) is 17.6 Å². The van der Waals surface area contributed by atoms with E-state index in [1.165, 1.54) is 51.9 Å². The van der Waals surface area contributed by atoms with E-state index in [1.807, 2.05) is 0 Å². The smallest absolute Gasteiger partial charge is 0.337 e. The molecule has 1 heterocycles. The van der Waals surface area contributed by atoms with Crippen LogP contribution in [-0.2, 0) is 28.6 Å². The van der Waals surface area contributed by atoms with Crippen molar-refractivity contribution in [3.63, 3.8) is 0 Å². The first-order valence-electron chi connectivity index (χ1n) is 10.1. The molecule has 0 fully saturated rings. The molecule has 0 unspecified atom stereocenters. The standard InChI is InChI=1S/C24H22O11/c1-30-11-20(25)34-18-8-15-17(9-19(18)35-21(26)12-31-2)33-10-16(22(15)27)13-4-6-14(7-5-13)23(32-3)24(28)29/h4-10,23H,11-12H2,1-3H3,(H,28,29)/t23-/m1/s1. The van der Waals surface area contributed by atoms with Gasteiger partial charge in [-0.2, -0.15) is 0 Å². The molecule has 0 spiro atoms. The zero-order chi connectivity index (χ0) is 25.5. The Hall–Kier alpha value is -4.06. The second-order valence-corrected chi connectivity index (χ2v) is 7.16. The van der Waals surface area contributed by atoms with Crippen molar-refractivity contribution in [3.8, 4) is 22.6 Å². The van der Waals surface area contributed by atoms with Gasteiger partial charge in [-0.3, -0.25) is 4.79 Å². The molecule has 3 rings (SSSR count). The molecule has 3 aromatic rings. The highest BCUT2D eigenvalue weighted by Crippen LogP contribution is 2.33. The van der Waals surface area contributed by atoms with E-state index in [0.717, 1.165) is 0 Å². The third-order valence-electron chi connectivity index (χ3n) is 4.80. The van der Waals surface area contributed by atoms with Crippen LogP contribution in [-0.4, -0.2) is 57.6 Å². The topological polar surface area (TPSA) is 148 Å². The van der Waals surface area contributed by atoms with E-state index in [-0.39, 0.29) is 41.2 Å². The summed E-state index contributed by atoms with van der Waals surface area (Å²) < 4.78 is 30.5. The summed E-state index contributed by atoms with van der Waals surface area (Å²) in [4.78, 5) is 48.4. The summed E-state index contributed by atoms with van der Waals surface area (Å²) in [7, 11) is 3.90. The fraction of sp³-hybridized carbons (Fsp3) is 0.250. The minimum Gasteiger partial charge on any atom is -0.479 e. The van der Waals surface area contributed by atoms with E-state index in [4.69, 9.17) is 28.1 Å². The average molecular weight is 486 g/mol. The van der Waals surface area contributed by atoms with Crippen molar-refractivity contribution in [3.05, 3.63) is 58.4 Å². The van der Waals surface area contributed by atoms with Crippen LogP contribution in [0.25, 0.3) is 22.1 Å². The molecule has 0 amide bonds. The Balaban J connectivity index is 2.06. The van der Waals surface area contributed by atoms with Crippen LogP contribution in [0.15, 0.2) is 51.9 Å². The van der Waals surface area contributed by atoms with Gasteiger partial charge in [0.05, 0.1) is 10.9 Å². The van der Waals surface area contributed by atoms with Crippen LogP contribution in [0.4, 0.5) is 0 Å². The number of hydrogen-bond donors (Lipinski definition) is 1. The van der Waals surface area contributed by atoms with Gasteiger partial charge in [-0.15, -0.1) is 0 Å². The van der Waals surface area contributed by atoms with Gasteiger partial charge in [-0.05, 0) is 17.2 Å². The van der Waals surface area contributed by atoms with Gasteiger partial charge >= 0.3 is 17.9 Å². The molecule has 11 heteroatoms. The van der Waals surface area contributed by atoms with Crippen LogP contribution in [0.5, 0.6) is 11.5 Å². The molecule has 0 saturated heterocycles. The molecule has 0 aliphatic carbocycles. The molecule has 0 aliphatic rings. The number of carbonyl (C=O) groups is 3. The number of hydrogen-bond acceptors (Lipinski definition) is 10. The Morgan fingerprint density at radius 2 is 1.49 bits per heavy atom. The number of carbonyl (C=O) groups excluding carboxylic acids is 2. The van der Waals surface area contributed by atoms with E-state index < -0.39 is 29.4 Å². The van der Waals surface area contributed by atoms with E-state index in [2.05, 4.69) is 0 Å². The second-order valence-electron chi connectivity index (χ2n) is 7.16. The lowest BCUT2D eigenvalue weighted by Gasteiger charge is -2.12. The maximum atomic E-state index is 13.2. The monoisotopic (exact) mass is 486 g/mol. The number of ether oxygens (including phenoxy) is 5. The number of methoxy groups -OCH3 is 3. The van der Waals surface area contributed by atoms with Crippen molar-refractivity contribution >= 4 is 28.9 Å². The number of aliphatic carboxylic acids is 1. The normalized spacial score (nSPS) is 11.7. The van der Waals surface area contributed by atoms with Crippen molar-refractivity contribution < 1.29 is 47.6 Å². The van der Waals surface area contributed by atoms with E-state index >= 15 is 0 Å². The summed E-state index contributed by atoms with van der Waals surface area (Å²) in [5, 5.41) is 9.29. The first-order chi connectivity index (χ1) is 16.8. The lowest BCUT2D eigenvalue weighted by Crippen LogP contribution is -2.18. The Labute approximate surface area is 198 Å². The predicted molar refractivity (Wildman–Crippen MR) is 120 cm³/mol. The van der Waals surface area contributed by atoms with Crippen LogP contribution < -0.4 is 14.9 Å². The molecule has 0 radical (unpaired) electrons. The molecule has 184 valence electrons. The summed E-state index contributed by atoms with van der Waals surface area (Å²) in [6, 6.07) is 8.65. The van der Waals surface area contributed by atoms with Crippen LogP contribution in [0.3, 0.4) is 0 Å². The summed E-state index contributed by atoms with van der Waals surface area (Å²) in [5.41, 5.74) is 0.639. The van der Waals surface area contributed by atoms with Crippen molar-refractivity contribution in [2.24, 2.45) is 0 Å². The number of rotatable bonds is 10. The fourth-order valence-corrected chi connectivity index (χ4v) is 3.25. The molecule has 1 atom stereocenters. The van der Waals surface area contributed by atoms with E-state index in [1.54, 1.807) is 12.1 Å². The van der Waals surface area contributed by atoms with Crippen LogP contribution >= 0.6 is 0 Å². The molecule has 35 heavy (non-hydrogen) atoms. The van der Waals surface area contributed by atoms with Crippen LogP contribution in [0, 0.1) is 0 Å². The fourth-order valence-electron chi connectivity index (χ4n) is 3.25. The Bertz CT molecular complexity index is 1290. The highest BCUT2D eigenvalue weighted by Gasteiger charge is 2.21. The minimum atomic E-state index is -1.15. The van der Waals surface area contributed by atoms with Gasteiger partial charge in [0, 0.05) is 27.4 Å². The number of fused-ring (bicyclic) bond motifs is 1. The maximum Gasteiger partial charge on any atom is 0.337 e. The predicted octanol–water partition coefficient (Wildman–Crippen LogP) is 2.34. The van der Waals surface area contributed by atoms with Gasteiger partial charge in [-0.1, -0.05) is 24.3 Å². The van der Waals surface area contributed by atoms with Gasteiger partial charge < -0.3 is 33.2 Å². The molecule has 1 N–H and O–H groups in total. The quantitative estimate of drug-likeness (QED) is 0.332. The second kappa shape index (κ2) is 11.4. The van der Waals surface area contributed by atoms with E-state index in [9.17, 15) is 24.3 Å². The number of esters is 2. The highest BCUT2D eigenvalue weighted by molar-refractivity contribution is 5.87. The summed E-state index contributed by atoms with van der Waals surface area (Å²) in [6.45, 7) is -0.725. The average Bonchev–Trinajstić information content (AvgIpc) is 2.81. The zero-order valence-electron chi connectivity index (χ0n) is 19.1. The first kappa shape index (κ1) is 25.6. The largest absolute Gasteiger partial charge is 0.479 e. The number of benzene rings is 2. The SMILES string of the molecule is COCC(=O)Oc1cc2occ(-c3ccc([C@@H](OC)C(=O)O)cc3)c(=O)c2cc1OC(=O)COC. The zero-order valence-corrected chi connectivity index (χ0v) is 19.1. The molecule has 0 saturated carbocycles. The third kappa shape index (κ3) is 5.90. The lowest BCUT2D eigenvalue weighted by molar-refractivity contribution is -0.149. The Morgan fingerprint density at radius 1 is 0.914 bits per heavy atom. The summed E-state index contributed by atoms with van der Waals surface area (Å²) in [5.74, 6) is -3.02. The van der Waals surface area contributed by atoms with Gasteiger partial charge in [-0.25, -0.2) is 14.4 Å². The summed E-state index contributed by atoms with van der Waals surface area (Å²) in [6.07, 6.45) is 0.0721. The third-order valence-corrected chi connectivity index (χ3v) is 4.80. The van der Waals surface area contributed by atoms with Crippen molar-refractivity contribution in [1.82, 2.24) is 0 Å².